The molecule has 0 heterocycles. The molecular weight excluding hydrogens is 117 g/mol. The summed E-state index contributed by atoms with van der Waals surface area (Å²) in [5.74, 6) is 0.444. The lowest BCUT2D eigenvalue weighted by Gasteiger charge is -2.11. The average molecular weight is 131 g/mol. The molecule has 0 bridgehead atoms. The molecule has 1 nitrogen and oxygen atoms in total. The Morgan fingerprint density at radius 1 is 1.78 bits per heavy atom. The lowest BCUT2D eigenvalue weighted by molar-refractivity contribution is 0.193. The maximum absolute atomic E-state index is 13.0. The first kappa shape index (κ1) is 7.00. The number of hydrogen-bond donors (Lipinski definition) is 1. The summed E-state index contributed by atoms with van der Waals surface area (Å²) in [5.41, 5.74) is 4.48. The maximum Gasteiger partial charge on any atom is 0.108 e. The smallest absolute Gasteiger partial charge is 0.108 e. The molecule has 1 fully saturated rings. The van der Waals surface area contributed by atoms with Gasteiger partial charge in [-0.2, -0.15) is 0 Å². The predicted octanol–water partition coefficient (Wildman–Crippen LogP) is 1.47. The van der Waals surface area contributed by atoms with E-state index in [2.05, 4.69) is 0 Å². The molecule has 0 radical (unpaired) electrons. The van der Waals surface area contributed by atoms with Gasteiger partial charge in [-0.1, -0.05) is 0 Å². The highest BCUT2D eigenvalue weighted by Crippen LogP contribution is 2.36. The van der Waals surface area contributed by atoms with E-state index >= 15 is 0 Å². The predicted molar refractivity (Wildman–Crippen MR) is 35.9 cm³/mol. The largest absolute Gasteiger partial charge is 0.330 e. The van der Waals surface area contributed by atoms with E-state index in [0.717, 1.165) is 6.42 Å². The fourth-order valence-electron chi connectivity index (χ4n) is 1.51. The Morgan fingerprint density at radius 3 is 2.67 bits per heavy atom. The highest BCUT2D eigenvalue weighted by Gasteiger charge is 2.33. The molecule has 54 valence electrons. The van der Waals surface area contributed by atoms with Crippen LogP contribution in [0, 0.1) is 5.92 Å². The minimum absolute atomic E-state index is 0.444. The van der Waals surface area contributed by atoms with E-state index in [-0.39, 0.29) is 0 Å². The Balaban J connectivity index is 2.38. The van der Waals surface area contributed by atoms with Crippen molar-refractivity contribution >= 4 is 0 Å². The topological polar surface area (TPSA) is 26.0 Å². The number of hydrogen-bond acceptors (Lipinski definition) is 1. The van der Waals surface area contributed by atoms with Crippen LogP contribution in [0.1, 0.15) is 26.2 Å². The van der Waals surface area contributed by atoms with Crippen LogP contribution in [-0.2, 0) is 0 Å². The van der Waals surface area contributed by atoms with Crippen molar-refractivity contribution in [3.8, 4) is 0 Å². The fourth-order valence-corrected chi connectivity index (χ4v) is 1.51. The van der Waals surface area contributed by atoms with Crippen molar-refractivity contribution in [3.63, 3.8) is 0 Å². The van der Waals surface area contributed by atoms with E-state index in [9.17, 15) is 4.39 Å². The molecule has 0 amide bonds. The molecule has 2 heteroatoms. The zero-order valence-corrected chi connectivity index (χ0v) is 5.86. The van der Waals surface area contributed by atoms with Crippen LogP contribution < -0.4 is 5.73 Å². The summed E-state index contributed by atoms with van der Waals surface area (Å²) in [4.78, 5) is 0. The molecule has 0 aromatic rings. The van der Waals surface area contributed by atoms with Crippen LogP contribution in [0.5, 0.6) is 0 Å². The Labute approximate surface area is 55.4 Å². The summed E-state index contributed by atoms with van der Waals surface area (Å²) in [7, 11) is 0. The Kier molecular flexibility index (Phi) is 1.75. The van der Waals surface area contributed by atoms with Crippen LogP contribution in [0.3, 0.4) is 0 Å². The summed E-state index contributed by atoms with van der Waals surface area (Å²) in [5, 5.41) is 0. The van der Waals surface area contributed by atoms with Gasteiger partial charge in [0.15, 0.2) is 0 Å². The van der Waals surface area contributed by atoms with Gasteiger partial charge in [-0.3, -0.25) is 0 Å². The summed E-state index contributed by atoms with van der Waals surface area (Å²) >= 11 is 0. The fraction of sp³-hybridized carbons (Fsp3) is 1.00. The van der Waals surface area contributed by atoms with E-state index in [1.807, 2.05) is 0 Å². The Morgan fingerprint density at radius 2 is 2.44 bits per heavy atom. The summed E-state index contributed by atoms with van der Waals surface area (Å²) in [6, 6.07) is 0. The van der Waals surface area contributed by atoms with Gasteiger partial charge in [0.1, 0.15) is 5.67 Å². The number of halogens is 1. The molecule has 2 N–H and O–H groups in total. The van der Waals surface area contributed by atoms with Crippen molar-refractivity contribution in [2.45, 2.75) is 31.9 Å². The minimum Gasteiger partial charge on any atom is -0.330 e. The Bertz CT molecular complexity index is 101. The van der Waals surface area contributed by atoms with Crippen molar-refractivity contribution in [1.29, 1.82) is 0 Å². The third kappa shape index (κ3) is 1.65. The lowest BCUT2D eigenvalue weighted by Crippen LogP contribution is -2.16. The molecule has 2 atom stereocenters. The van der Waals surface area contributed by atoms with Crippen molar-refractivity contribution in [2.24, 2.45) is 11.7 Å². The highest BCUT2D eigenvalue weighted by molar-refractivity contribution is 4.85. The van der Waals surface area contributed by atoms with Crippen molar-refractivity contribution < 1.29 is 4.39 Å². The molecule has 1 rings (SSSR count). The van der Waals surface area contributed by atoms with Gasteiger partial charge in [0.25, 0.3) is 0 Å². The average Bonchev–Trinajstić information content (AvgIpc) is 2.10. The summed E-state index contributed by atoms with van der Waals surface area (Å²) < 4.78 is 13.0. The van der Waals surface area contributed by atoms with Gasteiger partial charge in [0.05, 0.1) is 0 Å². The lowest BCUT2D eigenvalue weighted by atomic mass is 10.1. The molecule has 1 aliphatic rings. The van der Waals surface area contributed by atoms with Crippen LogP contribution in [0.4, 0.5) is 4.39 Å². The molecule has 1 saturated carbocycles. The second-order valence-corrected chi connectivity index (χ2v) is 3.26. The first-order chi connectivity index (χ1) is 4.14. The van der Waals surface area contributed by atoms with Crippen LogP contribution in [0.2, 0.25) is 0 Å². The van der Waals surface area contributed by atoms with Gasteiger partial charge in [-0.05, 0) is 38.6 Å². The normalized spacial score (nSPS) is 43.7. The number of alkyl halides is 1. The minimum atomic E-state index is -0.913. The van der Waals surface area contributed by atoms with Crippen molar-refractivity contribution in [2.75, 3.05) is 6.54 Å². The number of nitrogens with two attached hydrogens (primary N) is 1. The van der Waals surface area contributed by atoms with Gasteiger partial charge in [0, 0.05) is 0 Å². The van der Waals surface area contributed by atoms with E-state index < -0.39 is 5.67 Å². The molecule has 0 aliphatic heterocycles. The van der Waals surface area contributed by atoms with Crippen molar-refractivity contribution in [1.82, 2.24) is 0 Å². The monoisotopic (exact) mass is 131 g/mol. The van der Waals surface area contributed by atoms with Crippen molar-refractivity contribution in [3.05, 3.63) is 0 Å². The van der Waals surface area contributed by atoms with Crippen LogP contribution in [-0.4, -0.2) is 12.2 Å². The van der Waals surface area contributed by atoms with Crippen LogP contribution >= 0.6 is 0 Å². The molecule has 0 aromatic carbocycles. The first-order valence-electron chi connectivity index (χ1n) is 3.53. The third-order valence-electron chi connectivity index (χ3n) is 2.12. The quantitative estimate of drug-likeness (QED) is 0.573. The second-order valence-electron chi connectivity index (χ2n) is 3.26. The third-order valence-corrected chi connectivity index (χ3v) is 2.12. The molecule has 9 heavy (non-hydrogen) atoms. The van der Waals surface area contributed by atoms with Gasteiger partial charge < -0.3 is 5.73 Å². The summed E-state index contributed by atoms with van der Waals surface area (Å²) in [6.45, 7) is 2.32. The number of rotatable bonds is 1. The standard InChI is InChI=1S/C7H14FN/c1-7(8)3-2-6(4-7)5-9/h6H,2-5,9H2,1H3. The molecule has 1 aliphatic carbocycles. The van der Waals surface area contributed by atoms with Gasteiger partial charge in [0.2, 0.25) is 0 Å². The van der Waals surface area contributed by atoms with Gasteiger partial charge in [-0.25, -0.2) is 4.39 Å². The maximum atomic E-state index is 13.0. The van der Waals surface area contributed by atoms with Gasteiger partial charge in [-0.15, -0.1) is 0 Å². The van der Waals surface area contributed by atoms with E-state index in [1.54, 1.807) is 6.92 Å². The van der Waals surface area contributed by atoms with E-state index in [4.69, 9.17) is 5.73 Å². The second kappa shape index (κ2) is 2.25. The zero-order chi connectivity index (χ0) is 6.91. The first-order valence-corrected chi connectivity index (χ1v) is 3.53. The van der Waals surface area contributed by atoms with Crippen LogP contribution in [0.25, 0.3) is 0 Å². The molecule has 0 spiro atoms. The SMILES string of the molecule is CC1(F)CCC(CN)C1. The van der Waals surface area contributed by atoms with Gasteiger partial charge >= 0.3 is 0 Å². The molecule has 0 saturated heterocycles. The Hall–Kier alpha value is -0.110. The molecule has 2 unspecified atom stereocenters. The highest BCUT2D eigenvalue weighted by atomic mass is 19.1. The molecular formula is C7H14FN. The van der Waals surface area contributed by atoms with E-state index in [1.165, 1.54) is 0 Å². The van der Waals surface area contributed by atoms with E-state index in [0.29, 0.717) is 25.3 Å². The van der Waals surface area contributed by atoms with Crippen LogP contribution in [0.15, 0.2) is 0 Å². The molecule has 0 aromatic heterocycles. The zero-order valence-electron chi connectivity index (χ0n) is 5.86. The summed E-state index contributed by atoms with van der Waals surface area (Å²) in [6.07, 6.45) is 2.35.